The maximum atomic E-state index is 5.70. The molecular weight excluding hydrogens is 172 g/mol. The molecule has 0 bridgehead atoms. The first-order valence-electron chi connectivity index (χ1n) is 5.32. The maximum absolute atomic E-state index is 5.70. The van der Waals surface area contributed by atoms with E-state index in [4.69, 9.17) is 5.73 Å². The van der Waals surface area contributed by atoms with E-state index in [-0.39, 0.29) is 0 Å². The van der Waals surface area contributed by atoms with Crippen molar-refractivity contribution < 1.29 is 0 Å². The normalized spacial score (nSPS) is 10.4. The van der Waals surface area contributed by atoms with Crippen molar-refractivity contribution in [2.75, 3.05) is 19.3 Å². The van der Waals surface area contributed by atoms with Gasteiger partial charge in [-0.25, -0.2) is 0 Å². The van der Waals surface area contributed by atoms with Gasteiger partial charge in [0.15, 0.2) is 0 Å². The predicted octanol–water partition coefficient (Wildman–Crippen LogP) is 2.20. The second-order valence-corrected chi connectivity index (χ2v) is 3.66. The van der Waals surface area contributed by atoms with E-state index < -0.39 is 0 Å². The van der Waals surface area contributed by atoms with Gasteiger partial charge in [0.1, 0.15) is 0 Å². The summed E-state index contributed by atoms with van der Waals surface area (Å²) >= 11 is 0. The van der Waals surface area contributed by atoms with E-state index >= 15 is 0 Å². The molecular formula is C12H20N2. The van der Waals surface area contributed by atoms with E-state index in [1.54, 1.807) is 0 Å². The van der Waals surface area contributed by atoms with Crippen LogP contribution in [0, 0.1) is 0 Å². The molecule has 1 aromatic rings. The molecule has 1 rings (SSSR count). The zero-order valence-corrected chi connectivity index (χ0v) is 8.92. The Morgan fingerprint density at radius 2 is 2.07 bits per heavy atom. The van der Waals surface area contributed by atoms with Crippen LogP contribution in [0.15, 0.2) is 24.3 Å². The smallest absolute Gasteiger partial charge is 0.0316 e. The summed E-state index contributed by atoms with van der Waals surface area (Å²) in [5, 5.41) is 3.16. The highest BCUT2D eigenvalue weighted by Crippen LogP contribution is 2.10. The molecule has 78 valence electrons. The Morgan fingerprint density at radius 1 is 1.21 bits per heavy atom. The lowest BCUT2D eigenvalue weighted by Crippen LogP contribution is -2.07. The third kappa shape index (κ3) is 4.28. The standard InChI is InChI=1S/C12H20N2/c1-14-9-4-2-3-6-11-7-5-8-12(13)10-11/h5,7-8,10,14H,2-4,6,9,13H2,1H3. The molecule has 0 aliphatic carbocycles. The Hall–Kier alpha value is -1.02. The number of nitrogens with two attached hydrogens (primary N) is 1. The van der Waals surface area contributed by atoms with Crippen molar-refractivity contribution in [2.45, 2.75) is 25.7 Å². The highest BCUT2D eigenvalue weighted by molar-refractivity contribution is 5.40. The average Bonchev–Trinajstić information content (AvgIpc) is 2.18. The van der Waals surface area contributed by atoms with Crippen molar-refractivity contribution in [1.82, 2.24) is 5.32 Å². The molecule has 0 aliphatic rings. The lowest BCUT2D eigenvalue weighted by atomic mass is 10.1. The lowest BCUT2D eigenvalue weighted by molar-refractivity contribution is 0.642. The number of hydrogen-bond donors (Lipinski definition) is 2. The van der Waals surface area contributed by atoms with Gasteiger partial charge in [-0.15, -0.1) is 0 Å². The summed E-state index contributed by atoms with van der Waals surface area (Å²) in [7, 11) is 2.00. The van der Waals surface area contributed by atoms with Crippen LogP contribution < -0.4 is 11.1 Å². The van der Waals surface area contributed by atoms with Gasteiger partial charge in [0.2, 0.25) is 0 Å². The lowest BCUT2D eigenvalue weighted by Gasteiger charge is -2.02. The summed E-state index contributed by atoms with van der Waals surface area (Å²) < 4.78 is 0. The van der Waals surface area contributed by atoms with Gasteiger partial charge in [-0.2, -0.15) is 0 Å². The monoisotopic (exact) mass is 192 g/mol. The fraction of sp³-hybridized carbons (Fsp3) is 0.500. The fourth-order valence-corrected chi connectivity index (χ4v) is 1.56. The van der Waals surface area contributed by atoms with E-state index in [1.807, 2.05) is 19.2 Å². The third-order valence-corrected chi connectivity index (χ3v) is 2.34. The molecule has 0 saturated carbocycles. The molecule has 14 heavy (non-hydrogen) atoms. The van der Waals surface area contributed by atoms with Gasteiger partial charge in [-0.1, -0.05) is 18.6 Å². The zero-order valence-electron chi connectivity index (χ0n) is 8.92. The van der Waals surface area contributed by atoms with Crippen molar-refractivity contribution in [3.05, 3.63) is 29.8 Å². The SMILES string of the molecule is CNCCCCCc1cccc(N)c1. The van der Waals surface area contributed by atoms with Crippen LogP contribution in [0.2, 0.25) is 0 Å². The van der Waals surface area contributed by atoms with Gasteiger partial charge in [0.25, 0.3) is 0 Å². The number of rotatable bonds is 6. The molecule has 0 unspecified atom stereocenters. The van der Waals surface area contributed by atoms with E-state index in [1.165, 1.54) is 24.8 Å². The highest BCUT2D eigenvalue weighted by atomic mass is 14.8. The molecule has 0 amide bonds. The summed E-state index contributed by atoms with van der Waals surface area (Å²) in [4.78, 5) is 0. The molecule has 0 spiro atoms. The van der Waals surface area contributed by atoms with Crippen LogP contribution in [0.3, 0.4) is 0 Å². The zero-order chi connectivity index (χ0) is 10.2. The summed E-state index contributed by atoms with van der Waals surface area (Å²) in [5.74, 6) is 0. The third-order valence-electron chi connectivity index (χ3n) is 2.34. The van der Waals surface area contributed by atoms with Crippen LogP contribution in [0.1, 0.15) is 24.8 Å². The predicted molar refractivity (Wildman–Crippen MR) is 62.3 cm³/mol. The van der Waals surface area contributed by atoms with Gasteiger partial charge < -0.3 is 11.1 Å². The minimum atomic E-state index is 0.873. The van der Waals surface area contributed by atoms with Crippen LogP contribution in [-0.4, -0.2) is 13.6 Å². The molecule has 0 aromatic heterocycles. The molecule has 3 N–H and O–H groups in total. The van der Waals surface area contributed by atoms with Crippen molar-refractivity contribution in [3.63, 3.8) is 0 Å². The average molecular weight is 192 g/mol. The fourth-order valence-electron chi connectivity index (χ4n) is 1.56. The molecule has 2 heteroatoms. The minimum Gasteiger partial charge on any atom is -0.399 e. The molecule has 2 nitrogen and oxygen atoms in total. The van der Waals surface area contributed by atoms with Crippen molar-refractivity contribution in [2.24, 2.45) is 0 Å². The minimum absolute atomic E-state index is 0.873. The molecule has 0 saturated heterocycles. The molecule has 0 atom stereocenters. The Labute approximate surface area is 86.5 Å². The van der Waals surface area contributed by atoms with Gasteiger partial charge in [0.05, 0.1) is 0 Å². The number of nitrogen functional groups attached to an aromatic ring is 1. The highest BCUT2D eigenvalue weighted by Gasteiger charge is 1.93. The van der Waals surface area contributed by atoms with Crippen LogP contribution in [0.25, 0.3) is 0 Å². The number of nitrogens with one attached hydrogen (secondary N) is 1. The van der Waals surface area contributed by atoms with Gasteiger partial charge >= 0.3 is 0 Å². The largest absolute Gasteiger partial charge is 0.399 e. The topological polar surface area (TPSA) is 38.0 Å². The Kier molecular flexibility index (Phi) is 5.08. The van der Waals surface area contributed by atoms with Crippen LogP contribution in [0.5, 0.6) is 0 Å². The Balaban J connectivity index is 2.18. The van der Waals surface area contributed by atoms with Gasteiger partial charge in [-0.3, -0.25) is 0 Å². The summed E-state index contributed by atoms with van der Waals surface area (Å²) in [6.45, 7) is 1.12. The first-order valence-corrected chi connectivity index (χ1v) is 5.32. The number of benzene rings is 1. The Morgan fingerprint density at radius 3 is 2.79 bits per heavy atom. The van der Waals surface area contributed by atoms with Gasteiger partial charge in [0, 0.05) is 5.69 Å². The summed E-state index contributed by atoms with van der Waals surface area (Å²) in [5.41, 5.74) is 7.93. The maximum Gasteiger partial charge on any atom is 0.0316 e. The second kappa shape index (κ2) is 6.44. The summed E-state index contributed by atoms with van der Waals surface area (Å²) in [6, 6.07) is 8.18. The number of hydrogen-bond acceptors (Lipinski definition) is 2. The first kappa shape index (κ1) is 11.1. The van der Waals surface area contributed by atoms with Crippen molar-refractivity contribution in [1.29, 1.82) is 0 Å². The van der Waals surface area contributed by atoms with Crippen molar-refractivity contribution in [3.8, 4) is 0 Å². The van der Waals surface area contributed by atoms with Crippen molar-refractivity contribution >= 4 is 5.69 Å². The van der Waals surface area contributed by atoms with Gasteiger partial charge in [-0.05, 0) is 50.6 Å². The van der Waals surface area contributed by atoms with E-state index in [0.717, 1.165) is 18.7 Å². The molecule has 0 fully saturated rings. The van der Waals surface area contributed by atoms with Crippen LogP contribution >= 0.6 is 0 Å². The molecule has 0 heterocycles. The summed E-state index contributed by atoms with van der Waals surface area (Å²) in [6.07, 6.45) is 4.95. The van der Waals surface area contributed by atoms with Crippen LogP contribution in [0.4, 0.5) is 5.69 Å². The van der Waals surface area contributed by atoms with E-state index in [9.17, 15) is 0 Å². The Bertz CT molecular complexity index is 258. The number of anilines is 1. The molecule has 1 aromatic carbocycles. The van der Waals surface area contributed by atoms with Crippen LogP contribution in [-0.2, 0) is 6.42 Å². The molecule has 0 aliphatic heterocycles. The quantitative estimate of drug-likeness (QED) is 0.535. The van der Waals surface area contributed by atoms with E-state index in [0.29, 0.717) is 0 Å². The molecule has 0 radical (unpaired) electrons. The second-order valence-electron chi connectivity index (χ2n) is 3.66. The van der Waals surface area contributed by atoms with E-state index in [2.05, 4.69) is 17.4 Å². The number of aryl methyl sites for hydroxylation is 1. The number of unbranched alkanes of at least 4 members (excludes halogenated alkanes) is 2. The first-order chi connectivity index (χ1) is 6.83.